The number of rotatable bonds is 6. The molecule has 0 aliphatic heterocycles. The van der Waals surface area contributed by atoms with Crippen LogP contribution >= 0.6 is 0 Å². The lowest BCUT2D eigenvalue weighted by atomic mass is 9.45. The van der Waals surface area contributed by atoms with Gasteiger partial charge in [-0.05, 0) is 115 Å². The maximum absolute atomic E-state index is 9.38. The lowest BCUT2D eigenvalue weighted by Crippen LogP contribution is -2.56. The molecule has 0 heterocycles. The van der Waals surface area contributed by atoms with Crippen molar-refractivity contribution in [2.75, 3.05) is 0 Å². The molecule has 5 aliphatic carbocycles. The van der Waals surface area contributed by atoms with E-state index in [1.807, 2.05) is 0 Å². The first-order chi connectivity index (χ1) is 14.3. The zero-order valence-electron chi connectivity index (χ0n) is 20.2. The Morgan fingerprint density at radius 3 is 2.50 bits per heavy atom. The van der Waals surface area contributed by atoms with Crippen molar-refractivity contribution in [1.82, 2.24) is 0 Å². The van der Waals surface area contributed by atoms with Crippen LogP contribution in [0, 0.1) is 57.7 Å². The van der Waals surface area contributed by atoms with Gasteiger partial charge in [0, 0.05) is 11.0 Å². The number of fused-ring (bicyclic) bond motifs is 4. The molecule has 5 rings (SSSR count). The molecule has 3 nitrogen and oxygen atoms in total. The molecule has 5 saturated carbocycles. The van der Waals surface area contributed by atoms with E-state index < -0.39 is 0 Å². The van der Waals surface area contributed by atoms with E-state index in [0.29, 0.717) is 16.2 Å². The summed E-state index contributed by atoms with van der Waals surface area (Å²) < 4.78 is 0. The van der Waals surface area contributed by atoms with Gasteiger partial charge in [-0.25, -0.2) is 0 Å². The van der Waals surface area contributed by atoms with Crippen molar-refractivity contribution in [3.63, 3.8) is 0 Å². The fraction of sp³-hybridized carbons (Fsp3) is 1.00. The average molecular weight is 412 g/mol. The van der Waals surface area contributed by atoms with Gasteiger partial charge in [-0.2, -0.15) is 0 Å². The Hall–Kier alpha value is -0.690. The molecule has 4 unspecified atom stereocenters. The SMILES string of the molecule is CC(C)CCC[C@@H](C)C1CC[C@H]2[C@H]3C[C@H](N=[N+]=[N-])[C@]45C[C@H]4CCC5(C)C3CCC12C. The quantitative estimate of drug-likeness (QED) is 0.239. The first kappa shape index (κ1) is 21.2. The Morgan fingerprint density at radius 2 is 1.80 bits per heavy atom. The highest BCUT2D eigenvalue weighted by Gasteiger charge is 2.76. The third kappa shape index (κ3) is 2.72. The van der Waals surface area contributed by atoms with Crippen LogP contribution in [0.25, 0.3) is 10.4 Å². The van der Waals surface area contributed by atoms with Crippen molar-refractivity contribution in [3.8, 4) is 0 Å². The van der Waals surface area contributed by atoms with Crippen LogP contribution in [0.1, 0.15) is 105 Å². The van der Waals surface area contributed by atoms with E-state index in [1.54, 1.807) is 0 Å². The molecule has 0 amide bonds. The topological polar surface area (TPSA) is 48.8 Å². The van der Waals surface area contributed by atoms with Crippen LogP contribution in [-0.2, 0) is 0 Å². The van der Waals surface area contributed by atoms with Crippen LogP contribution < -0.4 is 0 Å². The Kier molecular flexibility index (Phi) is 5.05. The second-order valence-corrected chi connectivity index (χ2v) is 13.3. The van der Waals surface area contributed by atoms with Gasteiger partial charge in [0.15, 0.2) is 0 Å². The third-order valence-electron chi connectivity index (χ3n) is 12.0. The lowest BCUT2D eigenvalue weighted by Gasteiger charge is -2.60. The molecule has 5 fully saturated rings. The number of nitrogens with zero attached hydrogens (tertiary/aromatic N) is 3. The Bertz CT molecular complexity index is 726. The van der Waals surface area contributed by atoms with E-state index in [2.05, 4.69) is 44.6 Å². The molecule has 3 heteroatoms. The third-order valence-corrected chi connectivity index (χ3v) is 12.0. The highest BCUT2D eigenvalue weighted by atomic mass is 15.2. The van der Waals surface area contributed by atoms with E-state index in [9.17, 15) is 5.53 Å². The molecule has 0 bridgehead atoms. The zero-order valence-corrected chi connectivity index (χ0v) is 20.2. The minimum Gasteiger partial charge on any atom is -0.0900 e. The summed E-state index contributed by atoms with van der Waals surface area (Å²) >= 11 is 0. The lowest BCUT2D eigenvalue weighted by molar-refractivity contribution is -0.111. The average Bonchev–Trinajstić information content (AvgIpc) is 3.20. The molecule has 0 saturated heterocycles. The van der Waals surface area contributed by atoms with Crippen molar-refractivity contribution < 1.29 is 0 Å². The van der Waals surface area contributed by atoms with Crippen LogP contribution in [0.5, 0.6) is 0 Å². The van der Waals surface area contributed by atoms with Gasteiger partial charge >= 0.3 is 0 Å². The molecular weight excluding hydrogens is 366 g/mol. The summed E-state index contributed by atoms with van der Waals surface area (Å²) in [6, 6.07) is 0.283. The summed E-state index contributed by atoms with van der Waals surface area (Å²) in [6.45, 7) is 12.6. The maximum atomic E-state index is 9.38. The van der Waals surface area contributed by atoms with Gasteiger partial charge in [0.05, 0.1) is 0 Å². The van der Waals surface area contributed by atoms with Gasteiger partial charge < -0.3 is 0 Å². The standard InChI is InChI=1S/C27H45N3/c1-17(2)7-6-8-18(3)21-9-10-22-20-15-24(29-30-28)27-16-19(27)11-14-26(27,5)23(20)12-13-25(21,22)4/h17-24H,6-16H2,1-5H3/t18-,19-,20-,21?,22+,23?,24+,25?,26?,27+/m1/s1. The summed E-state index contributed by atoms with van der Waals surface area (Å²) in [7, 11) is 0. The maximum Gasteiger partial charge on any atom is 0.0441 e. The summed E-state index contributed by atoms with van der Waals surface area (Å²) in [5, 5.41) is 4.50. The molecule has 10 atom stereocenters. The molecule has 5 aliphatic rings. The number of hydrogen-bond donors (Lipinski definition) is 0. The van der Waals surface area contributed by atoms with Crippen LogP contribution in [0.15, 0.2) is 5.11 Å². The van der Waals surface area contributed by atoms with Crippen molar-refractivity contribution in [1.29, 1.82) is 0 Å². The van der Waals surface area contributed by atoms with Gasteiger partial charge in [-0.15, -0.1) is 0 Å². The van der Waals surface area contributed by atoms with Crippen molar-refractivity contribution in [3.05, 3.63) is 10.4 Å². The van der Waals surface area contributed by atoms with Crippen molar-refractivity contribution in [2.45, 2.75) is 111 Å². The van der Waals surface area contributed by atoms with E-state index in [0.717, 1.165) is 41.4 Å². The molecule has 0 N–H and O–H groups in total. The Labute approximate surface area is 184 Å². The highest BCUT2D eigenvalue weighted by Crippen LogP contribution is 2.82. The van der Waals surface area contributed by atoms with E-state index in [4.69, 9.17) is 0 Å². The molecular formula is C27H45N3. The largest absolute Gasteiger partial charge is 0.0900 e. The summed E-state index contributed by atoms with van der Waals surface area (Å²) in [4.78, 5) is 3.38. The minimum absolute atomic E-state index is 0.283. The van der Waals surface area contributed by atoms with E-state index in [-0.39, 0.29) is 6.04 Å². The normalized spacial score (nSPS) is 52.1. The van der Waals surface area contributed by atoms with Crippen molar-refractivity contribution in [2.24, 2.45) is 62.8 Å². The highest BCUT2D eigenvalue weighted by molar-refractivity contribution is 5.27. The first-order valence-electron chi connectivity index (χ1n) is 13.3. The smallest absolute Gasteiger partial charge is 0.0441 e. The van der Waals surface area contributed by atoms with Crippen LogP contribution in [0.3, 0.4) is 0 Å². The monoisotopic (exact) mass is 411 g/mol. The number of azide groups is 1. The fourth-order valence-corrected chi connectivity index (χ4v) is 10.5. The second kappa shape index (κ2) is 7.16. The minimum atomic E-state index is 0.283. The van der Waals surface area contributed by atoms with Crippen LogP contribution in [0.4, 0.5) is 0 Å². The second-order valence-electron chi connectivity index (χ2n) is 13.3. The Morgan fingerprint density at radius 1 is 1.00 bits per heavy atom. The summed E-state index contributed by atoms with van der Waals surface area (Å²) in [5.41, 5.74) is 10.7. The molecule has 30 heavy (non-hydrogen) atoms. The van der Waals surface area contributed by atoms with E-state index >= 15 is 0 Å². The summed E-state index contributed by atoms with van der Waals surface area (Å²) in [6.07, 6.45) is 15.4. The van der Waals surface area contributed by atoms with Gasteiger partial charge in [0.25, 0.3) is 0 Å². The molecule has 168 valence electrons. The predicted octanol–water partition coefficient (Wildman–Crippen LogP) is 8.40. The van der Waals surface area contributed by atoms with Crippen molar-refractivity contribution >= 4 is 0 Å². The molecule has 0 aromatic rings. The molecule has 0 aromatic heterocycles. The van der Waals surface area contributed by atoms with Gasteiger partial charge in [0.1, 0.15) is 0 Å². The van der Waals surface area contributed by atoms with E-state index in [1.165, 1.54) is 70.6 Å². The predicted molar refractivity (Wildman–Crippen MR) is 124 cm³/mol. The Balaban J connectivity index is 1.38. The van der Waals surface area contributed by atoms with Gasteiger partial charge in [-0.1, -0.05) is 59.0 Å². The molecule has 0 radical (unpaired) electrons. The number of hydrogen-bond acceptors (Lipinski definition) is 1. The van der Waals surface area contributed by atoms with Crippen LogP contribution in [-0.4, -0.2) is 6.04 Å². The zero-order chi connectivity index (χ0) is 21.3. The molecule has 1 spiro atoms. The summed E-state index contributed by atoms with van der Waals surface area (Å²) in [5.74, 6) is 6.06. The van der Waals surface area contributed by atoms with Gasteiger partial charge in [-0.3, -0.25) is 0 Å². The first-order valence-corrected chi connectivity index (χ1v) is 13.3. The fourth-order valence-electron chi connectivity index (χ4n) is 10.5. The molecule has 0 aromatic carbocycles. The van der Waals surface area contributed by atoms with Gasteiger partial charge in [0.2, 0.25) is 0 Å². The van der Waals surface area contributed by atoms with Crippen LogP contribution in [0.2, 0.25) is 0 Å².